The Balaban J connectivity index is 1.60. The molecule has 12 nitrogen and oxygen atoms in total. The molecule has 0 radical (unpaired) electrons. The predicted molar refractivity (Wildman–Crippen MR) is 117 cm³/mol. The summed E-state index contributed by atoms with van der Waals surface area (Å²) in [5.74, 6) is -1.56. The van der Waals surface area contributed by atoms with Crippen LogP contribution in [0, 0.1) is 16.0 Å². The van der Waals surface area contributed by atoms with Gasteiger partial charge in [-0.1, -0.05) is 12.1 Å². The van der Waals surface area contributed by atoms with E-state index in [4.69, 9.17) is 4.74 Å². The molecule has 1 N–H and O–H groups in total. The summed E-state index contributed by atoms with van der Waals surface area (Å²) in [5.41, 5.74) is 0.250. The van der Waals surface area contributed by atoms with E-state index in [1.165, 1.54) is 18.2 Å². The first kappa shape index (κ1) is 22.1. The van der Waals surface area contributed by atoms with Crippen molar-refractivity contribution >= 4 is 29.5 Å². The van der Waals surface area contributed by atoms with Crippen molar-refractivity contribution < 1.29 is 19.2 Å². The number of guanidine groups is 1. The van der Waals surface area contributed by atoms with E-state index in [0.717, 1.165) is 0 Å². The number of esters is 1. The van der Waals surface area contributed by atoms with Gasteiger partial charge in [0.05, 0.1) is 11.5 Å². The highest BCUT2D eigenvalue weighted by Crippen LogP contribution is 2.32. The van der Waals surface area contributed by atoms with Gasteiger partial charge >= 0.3 is 5.97 Å². The maximum Gasteiger partial charge on any atom is 0.321 e. The number of hydrogen-bond acceptors (Lipinski definition) is 10. The highest BCUT2D eigenvalue weighted by Gasteiger charge is 2.42. The number of anilines is 1. The lowest BCUT2D eigenvalue weighted by atomic mass is 9.91. The number of nitro groups is 1. The van der Waals surface area contributed by atoms with Crippen LogP contribution in [0.5, 0.6) is 0 Å². The van der Waals surface area contributed by atoms with Crippen LogP contribution in [0.15, 0.2) is 47.7 Å². The molecule has 1 amide bonds. The lowest BCUT2D eigenvalue weighted by Crippen LogP contribution is -2.57. The zero-order valence-corrected chi connectivity index (χ0v) is 18.0. The lowest BCUT2D eigenvalue weighted by Gasteiger charge is -2.38. The molecular weight excluding hydrogens is 430 g/mol. The van der Waals surface area contributed by atoms with Gasteiger partial charge in [0, 0.05) is 50.7 Å². The number of piperazine rings is 1. The maximum absolute atomic E-state index is 13.0. The van der Waals surface area contributed by atoms with Crippen LogP contribution < -0.4 is 10.2 Å². The number of carbonyl (C=O) groups excluding carboxylic acids is 2. The van der Waals surface area contributed by atoms with E-state index in [1.54, 1.807) is 31.5 Å². The molecule has 2 aliphatic heterocycles. The average Bonchev–Trinajstić information content (AvgIpc) is 2.84. The second-order valence-corrected chi connectivity index (χ2v) is 7.49. The number of hydrogen-bond donors (Lipinski definition) is 1. The van der Waals surface area contributed by atoms with Crippen molar-refractivity contribution in [3.63, 3.8) is 0 Å². The van der Waals surface area contributed by atoms with Crippen LogP contribution in [-0.4, -0.2) is 70.4 Å². The highest BCUT2D eigenvalue weighted by atomic mass is 16.6. The number of ether oxygens (including phenoxy) is 1. The fourth-order valence-corrected chi connectivity index (χ4v) is 3.86. The average molecular weight is 453 g/mol. The van der Waals surface area contributed by atoms with Crippen molar-refractivity contribution in [3.05, 3.63) is 58.4 Å². The number of aliphatic imine (C=N–C) groups is 1. The first-order chi connectivity index (χ1) is 16.0. The Bertz CT molecular complexity index is 1070. The number of nitrogens with zero attached hydrogens (tertiary/aromatic N) is 6. The minimum atomic E-state index is -1.24. The van der Waals surface area contributed by atoms with Crippen molar-refractivity contribution in [1.82, 2.24) is 20.2 Å². The van der Waals surface area contributed by atoms with Crippen molar-refractivity contribution in [3.8, 4) is 0 Å². The van der Waals surface area contributed by atoms with Gasteiger partial charge in [-0.05, 0) is 18.6 Å². The minimum Gasteiger partial charge on any atom is -0.465 e. The zero-order chi connectivity index (χ0) is 23.4. The summed E-state index contributed by atoms with van der Waals surface area (Å²) >= 11 is 0. The molecule has 2 aromatic rings. The third kappa shape index (κ3) is 4.73. The van der Waals surface area contributed by atoms with Crippen molar-refractivity contribution in [1.29, 1.82) is 0 Å². The van der Waals surface area contributed by atoms with Crippen LogP contribution in [0.25, 0.3) is 0 Å². The van der Waals surface area contributed by atoms with Crippen LogP contribution in [0.2, 0.25) is 0 Å². The van der Waals surface area contributed by atoms with Gasteiger partial charge in [0.2, 0.25) is 17.8 Å². The zero-order valence-electron chi connectivity index (χ0n) is 18.0. The number of nitro benzene ring substituents is 1. The molecule has 1 fully saturated rings. The van der Waals surface area contributed by atoms with Gasteiger partial charge in [-0.15, -0.1) is 0 Å². The van der Waals surface area contributed by atoms with E-state index in [-0.39, 0.29) is 12.3 Å². The molecule has 1 aromatic heterocycles. The molecule has 2 aliphatic rings. The maximum atomic E-state index is 13.0. The molecule has 2 atom stereocenters. The van der Waals surface area contributed by atoms with Crippen LogP contribution in [0.1, 0.15) is 18.5 Å². The standard InChI is InChI=1S/C21H23N7O5/c1-2-33-19(30)16-17(14-5-3-6-15(13-14)28(31)32)24-21(25-18(16)29)27-11-9-26(10-12-27)20-22-7-4-8-23-20/h3-8,13,16-17H,2,9-12H2,1H3,(H,24,25,29)/t16-,17-/m0/s1. The normalized spacial score (nSPS) is 20.6. The second-order valence-electron chi connectivity index (χ2n) is 7.49. The van der Waals surface area contributed by atoms with E-state index >= 15 is 0 Å². The van der Waals surface area contributed by atoms with Crippen LogP contribution in [0.4, 0.5) is 11.6 Å². The van der Waals surface area contributed by atoms with Crippen LogP contribution in [-0.2, 0) is 14.3 Å². The highest BCUT2D eigenvalue weighted by molar-refractivity contribution is 6.08. The van der Waals surface area contributed by atoms with Crippen molar-refractivity contribution in [2.45, 2.75) is 13.0 Å². The van der Waals surface area contributed by atoms with Gasteiger partial charge < -0.3 is 14.5 Å². The van der Waals surface area contributed by atoms with E-state index in [2.05, 4.69) is 20.3 Å². The summed E-state index contributed by atoms with van der Waals surface area (Å²) in [6, 6.07) is 6.62. The summed E-state index contributed by atoms with van der Waals surface area (Å²) in [6.45, 7) is 4.06. The summed E-state index contributed by atoms with van der Waals surface area (Å²) < 4.78 is 5.09. The number of rotatable bonds is 5. The minimum absolute atomic E-state index is 0.102. The van der Waals surface area contributed by atoms with Gasteiger partial charge in [-0.2, -0.15) is 0 Å². The summed E-state index contributed by atoms with van der Waals surface area (Å²) in [6.07, 6.45) is 3.36. The van der Waals surface area contributed by atoms with E-state index in [1.807, 2.05) is 9.80 Å². The van der Waals surface area contributed by atoms with Gasteiger partial charge in [0.25, 0.3) is 5.69 Å². The molecule has 0 unspecified atom stereocenters. The molecule has 0 spiro atoms. The Labute approximate surface area is 189 Å². The van der Waals surface area contributed by atoms with Gasteiger partial charge in [-0.25, -0.2) is 15.0 Å². The van der Waals surface area contributed by atoms with Crippen molar-refractivity contribution in [2.75, 3.05) is 37.7 Å². The number of nitrogens with one attached hydrogen (secondary N) is 1. The molecule has 0 aliphatic carbocycles. The van der Waals surface area contributed by atoms with Gasteiger partial charge in [0.15, 0.2) is 5.92 Å². The molecule has 12 heteroatoms. The number of benzene rings is 1. The predicted octanol–water partition coefficient (Wildman–Crippen LogP) is 0.913. The molecule has 1 aromatic carbocycles. The molecule has 3 heterocycles. The number of aromatic nitrogens is 2. The fourth-order valence-electron chi connectivity index (χ4n) is 3.86. The van der Waals surface area contributed by atoms with E-state index < -0.39 is 28.8 Å². The third-order valence-corrected chi connectivity index (χ3v) is 5.47. The second kappa shape index (κ2) is 9.59. The monoisotopic (exact) mass is 453 g/mol. The van der Waals surface area contributed by atoms with Gasteiger partial charge in [-0.3, -0.25) is 25.0 Å². The van der Waals surface area contributed by atoms with Crippen molar-refractivity contribution in [2.24, 2.45) is 10.9 Å². The third-order valence-electron chi connectivity index (χ3n) is 5.47. The van der Waals surface area contributed by atoms with Crippen LogP contribution >= 0.6 is 0 Å². The summed E-state index contributed by atoms with van der Waals surface area (Å²) in [5, 5.41) is 14.0. The number of carbonyl (C=O) groups is 2. The molecule has 4 rings (SSSR count). The number of non-ortho nitro benzene ring substituents is 1. The fraction of sp³-hybridized carbons (Fsp3) is 0.381. The summed E-state index contributed by atoms with van der Waals surface area (Å²) in [7, 11) is 0. The Morgan fingerprint density at radius 1 is 1.18 bits per heavy atom. The van der Waals surface area contributed by atoms with E-state index in [9.17, 15) is 19.7 Å². The topological polar surface area (TPSA) is 143 Å². The first-order valence-electron chi connectivity index (χ1n) is 10.5. The molecule has 0 saturated carbocycles. The quantitative estimate of drug-likeness (QED) is 0.302. The molecule has 172 valence electrons. The summed E-state index contributed by atoms with van der Waals surface area (Å²) in [4.78, 5) is 53.4. The van der Waals surface area contributed by atoms with Gasteiger partial charge in [0.1, 0.15) is 6.04 Å². The Kier molecular flexibility index (Phi) is 6.43. The Morgan fingerprint density at radius 2 is 1.88 bits per heavy atom. The number of amides is 1. The Morgan fingerprint density at radius 3 is 2.55 bits per heavy atom. The first-order valence-corrected chi connectivity index (χ1v) is 10.5. The molecule has 1 saturated heterocycles. The lowest BCUT2D eigenvalue weighted by molar-refractivity contribution is -0.384. The molecule has 33 heavy (non-hydrogen) atoms. The molecular formula is C21H23N7O5. The molecule has 0 bridgehead atoms. The Hall–Kier alpha value is -4.09. The van der Waals surface area contributed by atoms with E-state index in [0.29, 0.717) is 43.7 Å². The van der Waals surface area contributed by atoms with Crippen LogP contribution in [0.3, 0.4) is 0 Å². The SMILES string of the molecule is CCOC(=O)[C@@H]1C(=O)NC(N2CCN(c3ncccn3)CC2)=N[C@H]1c1cccc([N+](=O)[O-])c1. The largest absolute Gasteiger partial charge is 0.465 e. The smallest absolute Gasteiger partial charge is 0.321 e.